The lowest BCUT2D eigenvalue weighted by Gasteiger charge is -2.08. The Morgan fingerprint density at radius 3 is 2.24 bits per heavy atom. The van der Waals surface area contributed by atoms with E-state index in [1.807, 2.05) is 30.3 Å². The van der Waals surface area contributed by atoms with Crippen molar-refractivity contribution >= 4 is 35.0 Å². The van der Waals surface area contributed by atoms with Crippen LogP contribution in [0, 0.1) is 6.92 Å². The van der Waals surface area contributed by atoms with Crippen molar-refractivity contribution in [3.8, 4) is 0 Å². The molecule has 0 bridgehead atoms. The zero-order valence-corrected chi connectivity index (χ0v) is 11.7. The minimum Gasteiger partial charge on any atom is -0.121 e. The molecule has 3 heteroatoms. The van der Waals surface area contributed by atoms with Crippen LogP contribution in [0.25, 0.3) is 0 Å². The molecular formula is C14H12Cl2S. The molecule has 0 radical (unpaired) electrons. The second-order valence-corrected chi connectivity index (χ2v) is 5.59. The molecule has 0 aromatic heterocycles. The van der Waals surface area contributed by atoms with E-state index in [2.05, 4.69) is 19.1 Å². The quantitative estimate of drug-likeness (QED) is 0.661. The summed E-state index contributed by atoms with van der Waals surface area (Å²) >= 11 is 14.0. The van der Waals surface area contributed by atoms with Gasteiger partial charge in [0.25, 0.3) is 0 Å². The fraction of sp³-hybridized carbons (Fsp3) is 0.143. The average Bonchev–Trinajstić information content (AvgIpc) is 2.30. The van der Waals surface area contributed by atoms with Crippen molar-refractivity contribution < 1.29 is 0 Å². The van der Waals surface area contributed by atoms with Gasteiger partial charge >= 0.3 is 0 Å². The first-order valence-corrected chi connectivity index (χ1v) is 7.04. The van der Waals surface area contributed by atoms with Gasteiger partial charge in [-0.2, -0.15) is 0 Å². The predicted octanol–water partition coefficient (Wildman–Crippen LogP) is 5.59. The van der Waals surface area contributed by atoms with Gasteiger partial charge in [-0.1, -0.05) is 47.5 Å². The van der Waals surface area contributed by atoms with E-state index < -0.39 is 0 Å². The number of thioether (sulfide) groups is 1. The molecule has 0 saturated heterocycles. The maximum absolute atomic E-state index is 6.14. The highest BCUT2D eigenvalue weighted by Crippen LogP contribution is 2.32. The molecule has 0 atom stereocenters. The molecular weight excluding hydrogens is 271 g/mol. The van der Waals surface area contributed by atoms with E-state index >= 15 is 0 Å². The van der Waals surface area contributed by atoms with E-state index in [4.69, 9.17) is 23.2 Å². The lowest BCUT2D eigenvalue weighted by Crippen LogP contribution is -1.86. The Balaban J connectivity index is 2.16. The molecule has 88 valence electrons. The SMILES string of the molecule is Cc1ccccc1SCc1c(Cl)cccc1Cl. The van der Waals surface area contributed by atoms with Gasteiger partial charge in [-0.15, -0.1) is 11.8 Å². The maximum atomic E-state index is 6.14. The minimum atomic E-state index is 0.735. The third-order valence-electron chi connectivity index (χ3n) is 2.53. The van der Waals surface area contributed by atoms with Crippen molar-refractivity contribution in [2.45, 2.75) is 17.6 Å². The van der Waals surface area contributed by atoms with Gasteiger partial charge in [0.1, 0.15) is 0 Å². The fourth-order valence-electron chi connectivity index (χ4n) is 1.54. The van der Waals surface area contributed by atoms with Crippen LogP contribution in [0.5, 0.6) is 0 Å². The molecule has 0 spiro atoms. The van der Waals surface area contributed by atoms with Crippen LogP contribution in [0.3, 0.4) is 0 Å². The van der Waals surface area contributed by atoms with E-state index in [0.717, 1.165) is 21.4 Å². The lowest BCUT2D eigenvalue weighted by molar-refractivity contribution is 1.29. The van der Waals surface area contributed by atoms with Crippen LogP contribution in [0.2, 0.25) is 10.0 Å². The molecule has 0 aliphatic carbocycles. The van der Waals surface area contributed by atoms with Gasteiger partial charge in [-0.25, -0.2) is 0 Å². The molecule has 2 rings (SSSR count). The summed E-state index contributed by atoms with van der Waals surface area (Å²) < 4.78 is 0. The normalized spacial score (nSPS) is 10.5. The van der Waals surface area contributed by atoms with E-state index in [0.29, 0.717) is 0 Å². The smallest absolute Gasteiger partial charge is 0.0461 e. The van der Waals surface area contributed by atoms with Gasteiger partial charge in [0, 0.05) is 20.7 Å². The van der Waals surface area contributed by atoms with Gasteiger partial charge in [-0.3, -0.25) is 0 Å². The first-order valence-electron chi connectivity index (χ1n) is 5.30. The second-order valence-electron chi connectivity index (χ2n) is 3.75. The van der Waals surface area contributed by atoms with E-state index in [-0.39, 0.29) is 0 Å². The molecule has 2 aromatic carbocycles. The van der Waals surface area contributed by atoms with E-state index in [1.54, 1.807) is 11.8 Å². The highest BCUT2D eigenvalue weighted by atomic mass is 35.5. The summed E-state index contributed by atoms with van der Waals surface area (Å²) in [5.41, 5.74) is 2.28. The monoisotopic (exact) mass is 282 g/mol. The lowest BCUT2D eigenvalue weighted by atomic mass is 10.2. The van der Waals surface area contributed by atoms with Crippen molar-refractivity contribution in [2.75, 3.05) is 0 Å². The van der Waals surface area contributed by atoms with Crippen LogP contribution in [0.15, 0.2) is 47.4 Å². The van der Waals surface area contributed by atoms with Gasteiger partial charge in [0.05, 0.1) is 0 Å². The summed E-state index contributed by atoms with van der Waals surface area (Å²) in [6, 6.07) is 13.9. The van der Waals surface area contributed by atoms with Crippen LogP contribution in [-0.4, -0.2) is 0 Å². The number of aryl methyl sites for hydroxylation is 1. The van der Waals surface area contributed by atoms with Gasteiger partial charge in [-0.05, 0) is 36.2 Å². The number of benzene rings is 2. The van der Waals surface area contributed by atoms with Crippen molar-refractivity contribution in [1.29, 1.82) is 0 Å². The number of halogens is 2. The molecule has 17 heavy (non-hydrogen) atoms. The maximum Gasteiger partial charge on any atom is 0.0461 e. The summed E-state index contributed by atoms with van der Waals surface area (Å²) in [6.45, 7) is 2.11. The Bertz CT molecular complexity index is 503. The molecule has 0 amide bonds. The predicted molar refractivity (Wildman–Crippen MR) is 77.2 cm³/mol. The van der Waals surface area contributed by atoms with Crippen molar-refractivity contribution in [2.24, 2.45) is 0 Å². The molecule has 0 aliphatic heterocycles. The Labute approximate surface area is 116 Å². The van der Waals surface area contributed by atoms with E-state index in [9.17, 15) is 0 Å². The Morgan fingerprint density at radius 2 is 1.59 bits per heavy atom. The molecule has 2 aromatic rings. The third-order valence-corrected chi connectivity index (χ3v) is 4.44. The summed E-state index contributed by atoms with van der Waals surface area (Å²) in [7, 11) is 0. The van der Waals surface area contributed by atoms with Crippen molar-refractivity contribution in [3.63, 3.8) is 0 Å². The fourth-order valence-corrected chi connectivity index (χ4v) is 3.31. The Hall–Kier alpha value is -0.630. The summed E-state index contributed by atoms with van der Waals surface area (Å²) in [5, 5.41) is 1.47. The molecule has 0 fully saturated rings. The molecule has 0 N–H and O–H groups in total. The zero-order valence-electron chi connectivity index (χ0n) is 9.41. The van der Waals surface area contributed by atoms with Crippen molar-refractivity contribution in [1.82, 2.24) is 0 Å². The molecule has 0 heterocycles. The van der Waals surface area contributed by atoms with Crippen LogP contribution in [0.1, 0.15) is 11.1 Å². The van der Waals surface area contributed by atoms with E-state index in [1.165, 1.54) is 10.5 Å². The second kappa shape index (κ2) is 5.81. The summed E-state index contributed by atoms with van der Waals surface area (Å²) in [5.74, 6) is 0.795. The van der Waals surface area contributed by atoms with Crippen LogP contribution in [-0.2, 0) is 5.75 Å². The highest BCUT2D eigenvalue weighted by Gasteiger charge is 2.06. The molecule has 0 unspecified atom stereocenters. The molecule has 0 saturated carbocycles. The first-order chi connectivity index (χ1) is 8.18. The van der Waals surface area contributed by atoms with Crippen LogP contribution in [0.4, 0.5) is 0 Å². The summed E-state index contributed by atoms with van der Waals surface area (Å²) in [4.78, 5) is 1.27. The number of hydrogen-bond acceptors (Lipinski definition) is 1. The largest absolute Gasteiger partial charge is 0.121 e. The van der Waals surface area contributed by atoms with Crippen LogP contribution >= 0.6 is 35.0 Å². The first kappa shape index (κ1) is 12.8. The standard InChI is InChI=1S/C14H12Cl2S/c1-10-5-2-3-8-14(10)17-9-11-12(15)6-4-7-13(11)16/h2-8H,9H2,1H3. The molecule has 0 aliphatic rings. The van der Waals surface area contributed by atoms with Gasteiger partial charge < -0.3 is 0 Å². The number of hydrogen-bond donors (Lipinski definition) is 0. The van der Waals surface area contributed by atoms with Crippen LogP contribution < -0.4 is 0 Å². The van der Waals surface area contributed by atoms with Gasteiger partial charge in [0.15, 0.2) is 0 Å². The average molecular weight is 283 g/mol. The number of rotatable bonds is 3. The molecule has 0 nitrogen and oxygen atoms in total. The topological polar surface area (TPSA) is 0 Å². The zero-order chi connectivity index (χ0) is 12.3. The third kappa shape index (κ3) is 3.19. The highest BCUT2D eigenvalue weighted by molar-refractivity contribution is 7.98. The Morgan fingerprint density at radius 1 is 0.941 bits per heavy atom. The van der Waals surface area contributed by atoms with Crippen molar-refractivity contribution in [3.05, 3.63) is 63.6 Å². The minimum absolute atomic E-state index is 0.735. The summed E-state index contributed by atoms with van der Waals surface area (Å²) in [6.07, 6.45) is 0. The Kier molecular flexibility index (Phi) is 4.38. The van der Waals surface area contributed by atoms with Gasteiger partial charge in [0.2, 0.25) is 0 Å².